The van der Waals surface area contributed by atoms with Crippen molar-refractivity contribution in [2.75, 3.05) is 19.6 Å². The predicted molar refractivity (Wildman–Crippen MR) is 63.3 cm³/mol. The number of carbonyl (C=O) groups is 1. The van der Waals surface area contributed by atoms with Crippen LogP contribution < -0.4 is 16.0 Å². The molecule has 1 rings (SSSR count). The van der Waals surface area contributed by atoms with E-state index in [0.29, 0.717) is 25.7 Å². The molecule has 94 valence electrons. The molecule has 1 aliphatic rings. The maximum Gasteiger partial charge on any atom is 0.315 e. The molecule has 1 aliphatic carbocycles. The first-order valence-corrected chi connectivity index (χ1v) is 6.11. The van der Waals surface area contributed by atoms with Crippen LogP contribution in [0.15, 0.2) is 0 Å². The number of hydrogen-bond donors (Lipinski definition) is 4. The number of carbonyl (C=O) groups excluding carboxylic acids is 1. The van der Waals surface area contributed by atoms with Crippen molar-refractivity contribution in [1.82, 2.24) is 16.0 Å². The Balaban J connectivity index is 1.93. The van der Waals surface area contributed by atoms with Crippen LogP contribution in [0.2, 0.25) is 0 Å². The van der Waals surface area contributed by atoms with Crippen LogP contribution in [0.1, 0.15) is 32.6 Å². The van der Waals surface area contributed by atoms with Crippen molar-refractivity contribution < 1.29 is 9.90 Å². The van der Waals surface area contributed by atoms with Gasteiger partial charge in [-0.25, -0.2) is 4.79 Å². The highest BCUT2D eigenvalue weighted by molar-refractivity contribution is 5.74. The molecular weight excluding hydrogens is 206 g/mol. The van der Waals surface area contributed by atoms with Crippen LogP contribution in [0, 0.1) is 0 Å². The van der Waals surface area contributed by atoms with E-state index in [1.54, 1.807) is 6.92 Å². The first kappa shape index (κ1) is 13.3. The van der Waals surface area contributed by atoms with Gasteiger partial charge in [0.2, 0.25) is 0 Å². The summed E-state index contributed by atoms with van der Waals surface area (Å²) >= 11 is 0. The molecular formula is C11H23N3O2. The second-order valence-corrected chi connectivity index (χ2v) is 4.43. The van der Waals surface area contributed by atoms with Crippen LogP contribution >= 0.6 is 0 Å². The van der Waals surface area contributed by atoms with E-state index in [2.05, 4.69) is 16.0 Å². The predicted octanol–water partition coefficient (Wildman–Crippen LogP) is 0.199. The lowest BCUT2D eigenvalue weighted by molar-refractivity contribution is 0.191. The molecule has 0 radical (unpaired) electrons. The Morgan fingerprint density at radius 1 is 1.38 bits per heavy atom. The summed E-state index contributed by atoms with van der Waals surface area (Å²) in [5, 5.41) is 17.8. The molecule has 5 nitrogen and oxygen atoms in total. The van der Waals surface area contributed by atoms with Crippen LogP contribution in [-0.4, -0.2) is 42.9 Å². The van der Waals surface area contributed by atoms with E-state index >= 15 is 0 Å². The Labute approximate surface area is 97.0 Å². The minimum atomic E-state index is -0.340. The largest absolute Gasteiger partial charge is 0.392 e. The Kier molecular flexibility index (Phi) is 6.18. The van der Waals surface area contributed by atoms with Crippen LogP contribution in [0.4, 0.5) is 4.79 Å². The summed E-state index contributed by atoms with van der Waals surface area (Å²) < 4.78 is 0. The molecule has 2 amide bonds. The van der Waals surface area contributed by atoms with Gasteiger partial charge in [-0.3, -0.25) is 0 Å². The van der Waals surface area contributed by atoms with E-state index in [1.165, 1.54) is 12.8 Å². The third-order valence-electron chi connectivity index (χ3n) is 2.72. The zero-order valence-electron chi connectivity index (χ0n) is 9.96. The number of amides is 2. The van der Waals surface area contributed by atoms with Gasteiger partial charge in [0.05, 0.1) is 6.10 Å². The van der Waals surface area contributed by atoms with Crippen LogP contribution in [0.5, 0.6) is 0 Å². The lowest BCUT2D eigenvalue weighted by Crippen LogP contribution is -2.43. The molecule has 0 saturated heterocycles. The molecule has 1 saturated carbocycles. The first-order chi connectivity index (χ1) is 7.68. The summed E-state index contributed by atoms with van der Waals surface area (Å²) in [6.45, 7) is 3.56. The third-order valence-corrected chi connectivity index (χ3v) is 2.72. The Bertz CT molecular complexity index is 203. The minimum Gasteiger partial charge on any atom is -0.392 e. The van der Waals surface area contributed by atoms with Crippen molar-refractivity contribution in [2.24, 2.45) is 0 Å². The van der Waals surface area contributed by atoms with Gasteiger partial charge in [-0.05, 0) is 19.8 Å². The standard InChI is InChI=1S/C11H23N3O2/c1-9(15)8-12-6-7-13-11(16)14-10-4-2-3-5-10/h9-10,12,15H,2-8H2,1H3,(H2,13,14,16). The summed E-state index contributed by atoms with van der Waals surface area (Å²) in [6, 6.07) is 0.288. The van der Waals surface area contributed by atoms with Gasteiger partial charge >= 0.3 is 6.03 Å². The summed E-state index contributed by atoms with van der Waals surface area (Å²) in [5.74, 6) is 0. The molecule has 0 spiro atoms. The topological polar surface area (TPSA) is 73.4 Å². The zero-order valence-corrected chi connectivity index (χ0v) is 9.96. The quantitative estimate of drug-likeness (QED) is 0.492. The number of rotatable bonds is 6. The van der Waals surface area contributed by atoms with Gasteiger partial charge in [-0.15, -0.1) is 0 Å². The highest BCUT2D eigenvalue weighted by Crippen LogP contribution is 2.17. The Morgan fingerprint density at radius 3 is 2.69 bits per heavy atom. The lowest BCUT2D eigenvalue weighted by atomic mass is 10.2. The van der Waals surface area contributed by atoms with Crippen LogP contribution in [0.3, 0.4) is 0 Å². The van der Waals surface area contributed by atoms with Crippen molar-refractivity contribution >= 4 is 6.03 Å². The van der Waals surface area contributed by atoms with E-state index in [9.17, 15) is 4.79 Å². The number of aliphatic hydroxyl groups excluding tert-OH is 1. The van der Waals surface area contributed by atoms with Crippen molar-refractivity contribution in [1.29, 1.82) is 0 Å². The van der Waals surface area contributed by atoms with Gasteiger partial charge in [0.25, 0.3) is 0 Å². The van der Waals surface area contributed by atoms with Crippen molar-refractivity contribution in [3.8, 4) is 0 Å². The summed E-state index contributed by atoms with van der Waals surface area (Å²) in [6.07, 6.45) is 4.32. The molecule has 1 atom stereocenters. The highest BCUT2D eigenvalue weighted by atomic mass is 16.3. The van der Waals surface area contributed by atoms with Gasteiger partial charge < -0.3 is 21.1 Å². The first-order valence-electron chi connectivity index (χ1n) is 6.11. The normalized spacial score (nSPS) is 18.4. The monoisotopic (exact) mass is 229 g/mol. The average molecular weight is 229 g/mol. The van der Waals surface area contributed by atoms with E-state index in [-0.39, 0.29) is 12.1 Å². The second kappa shape index (κ2) is 7.46. The molecule has 1 unspecified atom stereocenters. The molecule has 4 N–H and O–H groups in total. The fourth-order valence-corrected chi connectivity index (χ4v) is 1.88. The molecule has 0 heterocycles. The van der Waals surface area contributed by atoms with E-state index in [1.807, 2.05) is 0 Å². The minimum absolute atomic E-state index is 0.0780. The maximum atomic E-state index is 11.4. The number of hydrogen-bond acceptors (Lipinski definition) is 3. The van der Waals surface area contributed by atoms with Crippen molar-refractivity contribution in [3.63, 3.8) is 0 Å². The lowest BCUT2D eigenvalue weighted by Gasteiger charge is -2.13. The molecule has 1 fully saturated rings. The van der Waals surface area contributed by atoms with Gasteiger partial charge in [-0.2, -0.15) is 0 Å². The number of nitrogens with one attached hydrogen (secondary N) is 3. The highest BCUT2D eigenvalue weighted by Gasteiger charge is 2.16. The second-order valence-electron chi connectivity index (χ2n) is 4.43. The maximum absolute atomic E-state index is 11.4. The molecule has 0 aromatic heterocycles. The van der Waals surface area contributed by atoms with E-state index in [4.69, 9.17) is 5.11 Å². The molecule has 0 aromatic rings. The van der Waals surface area contributed by atoms with Gasteiger partial charge in [0, 0.05) is 25.7 Å². The number of urea groups is 1. The van der Waals surface area contributed by atoms with Crippen LogP contribution in [-0.2, 0) is 0 Å². The average Bonchev–Trinajstić information content (AvgIpc) is 2.69. The zero-order chi connectivity index (χ0) is 11.8. The molecule has 16 heavy (non-hydrogen) atoms. The third kappa shape index (κ3) is 5.92. The van der Waals surface area contributed by atoms with Gasteiger partial charge in [0.1, 0.15) is 0 Å². The molecule has 0 aromatic carbocycles. The number of aliphatic hydroxyl groups is 1. The Hall–Kier alpha value is -0.810. The summed E-state index contributed by atoms with van der Waals surface area (Å²) in [7, 11) is 0. The molecule has 0 bridgehead atoms. The SMILES string of the molecule is CC(O)CNCCNC(=O)NC1CCCC1. The van der Waals surface area contributed by atoms with Gasteiger partial charge in [-0.1, -0.05) is 12.8 Å². The smallest absolute Gasteiger partial charge is 0.315 e. The van der Waals surface area contributed by atoms with Crippen molar-refractivity contribution in [3.05, 3.63) is 0 Å². The van der Waals surface area contributed by atoms with E-state index < -0.39 is 0 Å². The van der Waals surface area contributed by atoms with Crippen molar-refractivity contribution in [2.45, 2.75) is 44.8 Å². The molecule has 5 heteroatoms. The summed E-state index contributed by atoms with van der Waals surface area (Å²) in [5.41, 5.74) is 0. The Morgan fingerprint density at radius 2 is 2.06 bits per heavy atom. The van der Waals surface area contributed by atoms with E-state index in [0.717, 1.165) is 12.8 Å². The fourth-order valence-electron chi connectivity index (χ4n) is 1.88. The fraction of sp³-hybridized carbons (Fsp3) is 0.909. The van der Waals surface area contributed by atoms with Gasteiger partial charge in [0.15, 0.2) is 0 Å². The molecule has 0 aliphatic heterocycles. The summed E-state index contributed by atoms with van der Waals surface area (Å²) in [4.78, 5) is 11.4. The van der Waals surface area contributed by atoms with Crippen LogP contribution in [0.25, 0.3) is 0 Å².